The summed E-state index contributed by atoms with van der Waals surface area (Å²) in [4.78, 5) is 17.0. The minimum absolute atomic E-state index is 0.318. The monoisotopic (exact) mass is 235 g/mol. The van der Waals surface area contributed by atoms with Crippen molar-refractivity contribution in [3.05, 3.63) is 48.2 Å². The van der Waals surface area contributed by atoms with Gasteiger partial charge in [0.2, 0.25) is 6.10 Å². The maximum Gasteiger partial charge on any atom is 0.342 e. The third kappa shape index (κ3) is 4.28. The zero-order valence-electron chi connectivity index (χ0n) is 10.1. The summed E-state index contributed by atoms with van der Waals surface area (Å²) in [6.07, 6.45) is -0.784. The molecule has 0 radical (unpaired) electrons. The maximum atomic E-state index is 11.7. The van der Waals surface area contributed by atoms with Gasteiger partial charge < -0.3 is 4.74 Å². The van der Waals surface area contributed by atoms with Gasteiger partial charge in [0.25, 0.3) is 0 Å². The molecule has 0 aromatic heterocycles. The molecule has 0 aliphatic heterocycles. The number of benzene rings is 1. The number of hydroxylamine groups is 1. The van der Waals surface area contributed by atoms with Gasteiger partial charge in [-0.15, -0.1) is 0 Å². The second-order valence-corrected chi connectivity index (χ2v) is 3.54. The third-order valence-electron chi connectivity index (χ3n) is 1.95. The minimum atomic E-state index is -0.784. The summed E-state index contributed by atoms with van der Waals surface area (Å²) in [7, 11) is 0. The molecule has 0 bridgehead atoms. The summed E-state index contributed by atoms with van der Waals surface area (Å²) in [5, 5.41) is 0. The maximum absolute atomic E-state index is 11.7. The van der Waals surface area contributed by atoms with Crippen molar-refractivity contribution in [3.8, 4) is 0 Å². The first kappa shape index (κ1) is 13.3. The van der Waals surface area contributed by atoms with Crippen LogP contribution in [-0.2, 0) is 14.4 Å². The Balaban J connectivity index is 2.78. The lowest BCUT2D eigenvalue weighted by atomic mass is 10.1. The average molecular weight is 235 g/mol. The molecule has 0 saturated carbocycles. The third-order valence-corrected chi connectivity index (χ3v) is 1.95. The van der Waals surface area contributed by atoms with Crippen molar-refractivity contribution >= 4 is 5.97 Å². The quantitative estimate of drug-likeness (QED) is 0.607. The van der Waals surface area contributed by atoms with Gasteiger partial charge in [0.15, 0.2) is 0 Å². The van der Waals surface area contributed by atoms with E-state index in [-0.39, 0.29) is 0 Å². The van der Waals surface area contributed by atoms with Gasteiger partial charge in [-0.1, -0.05) is 36.9 Å². The number of nitrogens with one attached hydrogen (secondary N) is 1. The molecule has 1 atom stereocenters. The van der Waals surface area contributed by atoms with E-state index in [0.717, 1.165) is 5.56 Å². The first-order valence-electron chi connectivity index (χ1n) is 5.44. The molecule has 1 unspecified atom stereocenters. The molecule has 0 amide bonds. The Morgan fingerprint density at radius 2 is 2.06 bits per heavy atom. The van der Waals surface area contributed by atoms with Crippen LogP contribution in [0.2, 0.25) is 0 Å². The second kappa shape index (κ2) is 6.70. The van der Waals surface area contributed by atoms with E-state index in [4.69, 9.17) is 9.57 Å². The summed E-state index contributed by atoms with van der Waals surface area (Å²) in [5.41, 5.74) is 3.94. The molecule has 0 saturated heterocycles. The smallest absolute Gasteiger partial charge is 0.342 e. The van der Waals surface area contributed by atoms with Crippen LogP contribution in [0, 0.1) is 0 Å². The SMILES string of the molecule is C=C(C)NOC(C(=O)OCC)c1ccccc1. The van der Waals surface area contributed by atoms with Crippen molar-refractivity contribution in [1.29, 1.82) is 0 Å². The number of esters is 1. The van der Waals surface area contributed by atoms with Crippen molar-refractivity contribution < 1.29 is 14.4 Å². The Morgan fingerprint density at radius 1 is 1.41 bits per heavy atom. The van der Waals surface area contributed by atoms with Crippen LogP contribution in [-0.4, -0.2) is 12.6 Å². The molecule has 0 heterocycles. The van der Waals surface area contributed by atoms with Crippen LogP contribution < -0.4 is 5.48 Å². The number of carbonyl (C=O) groups is 1. The lowest BCUT2D eigenvalue weighted by molar-refractivity contribution is -0.161. The van der Waals surface area contributed by atoms with Crippen LogP contribution >= 0.6 is 0 Å². The highest BCUT2D eigenvalue weighted by molar-refractivity contribution is 5.76. The molecular weight excluding hydrogens is 218 g/mol. The summed E-state index contributed by atoms with van der Waals surface area (Å²) >= 11 is 0. The first-order chi connectivity index (χ1) is 8.15. The van der Waals surface area contributed by atoms with E-state index in [2.05, 4.69) is 12.1 Å². The summed E-state index contributed by atoms with van der Waals surface area (Å²) in [5.74, 6) is -0.424. The Labute approximate surface area is 101 Å². The van der Waals surface area contributed by atoms with Crippen LogP contribution in [0.1, 0.15) is 25.5 Å². The van der Waals surface area contributed by atoms with Crippen LogP contribution in [0.25, 0.3) is 0 Å². The average Bonchev–Trinajstić information content (AvgIpc) is 2.30. The minimum Gasteiger partial charge on any atom is -0.464 e. The van der Waals surface area contributed by atoms with E-state index in [0.29, 0.717) is 12.3 Å². The number of rotatable bonds is 6. The predicted molar refractivity (Wildman–Crippen MR) is 64.9 cm³/mol. The fraction of sp³-hybridized carbons (Fsp3) is 0.308. The van der Waals surface area contributed by atoms with Crippen LogP contribution in [0.5, 0.6) is 0 Å². The Hall–Kier alpha value is -1.81. The van der Waals surface area contributed by atoms with E-state index < -0.39 is 12.1 Å². The van der Waals surface area contributed by atoms with E-state index in [9.17, 15) is 4.79 Å². The highest BCUT2D eigenvalue weighted by Crippen LogP contribution is 2.18. The van der Waals surface area contributed by atoms with Gasteiger partial charge in [0.05, 0.1) is 6.61 Å². The van der Waals surface area contributed by atoms with E-state index in [1.165, 1.54) is 0 Å². The molecule has 0 spiro atoms. The van der Waals surface area contributed by atoms with E-state index >= 15 is 0 Å². The van der Waals surface area contributed by atoms with Crippen molar-refractivity contribution in [2.24, 2.45) is 0 Å². The van der Waals surface area contributed by atoms with Crippen molar-refractivity contribution in [2.45, 2.75) is 20.0 Å². The van der Waals surface area contributed by atoms with Gasteiger partial charge in [-0.05, 0) is 19.4 Å². The largest absolute Gasteiger partial charge is 0.464 e. The van der Waals surface area contributed by atoms with Gasteiger partial charge in [0.1, 0.15) is 0 Å². The van der Waals surface area contributed by atoms with E-state index in [1.54, 1.807) is 13.8 Å². The summed E-state index contributed by atoms with van der Waals surface area (Å²) < 4.78 is 4.96. The van der Waals surface area contributed by atoms with Gasteiger partial charge in [-0.2, -0.15) is 0 Å². The normalized spacial score (nSPS) is 11.6. The molecule has 17 heavy (non-hydrogen) atoms. The molecule has 4 heteroatoms. The van der Waals surface area contributed by atoms with Crippen LogP contribution in [0.3, 0.4) is 0 Å². The van der Waals surface area contributed by atoms with E-state index in [1.807, 2.05) is 30.3 Å². The lowest BCUT2D eigenvalue weighted by Gasteiger charge is -2.17. The van der Waals surface area contributed by atoms with Crippen LogP contribution in [0.15, 0.2) is 42.6 Å². The highest BCUT2D eigenvalue weighted by Gasteiger charge is 2.23. The molecule has 92 valence electrons. The van der Waals surface area contributed by atoms with Gasteiger partial charge in [-0.25, -0.2) is 4.79 Å². The fourth-order valence-electron chi connectivity index (χ4n) is 1.26. The molecule has 1 rings (SSSR count). The molecule has 0 fully saturated rings. The molecule has 0 aliphatic carbocycles. The molecule has 1 aromatic carbocycles. The van der Waals surface area contributed by atoms with Crippen molar-refractivity contribution in [1.82, 2.24) is 5.48 Å². The van der Waals surface area contributed by atoms with Crippen molar-refractivity contribution in [2.75, 3.05) is 6.61 Å². The number of allylic oxidation sites excluding steroid dienone is 1. The molecule has 1 N–H and O–H groups in total. The fourth-order valence-corrected chi connectivity index (χ4v) is 1.26. The van der Waals surface area contributed by atoms with Gasteiger partial charge in [0, 0.05) is 5.70 Å². The molecule has 4 nitrogen and oxygen atoms in total. The predicted octanol–water partition coefficient (Wildman–Crippen LogP) is 2.35. The standard InChI is InChI=1S/C13H17NO3/c1-4-16-13(15)12(17-14-10(2)3)11-8-6-5-7-9-11/h5-9,12,14H,2,4H2,1,3H3. The van der Waals surface area contributed by atoms with Gasteiger partial charge in [-0.3, -0.25) is 10.3 Å². The highest BCUT2D eigenvalue weighted by atomic mass is 16.7. The summed E-state index contributed by atoms with van der Waals surface area (Å²) in [6.45, 7) is 7.46. The second-order valence-electron chi connectivity index (χ2n) is 3.54. The number of hydrogen-bond acceptors (Lipinski definition) is 4. The van der Waals surface area contributed by atoms with Crippen LogP contribution in [0.4, 0.5) is 0 Å². The van der Waals surface area contributed by atoms with Gasteiger partial charge >= 0.3 is 5.97 Å². The number of hydrogen-bond donors (Lipinski definition) is 1. The Kier molecular flexibility index (Phi) is 5.23. The Bertz CT molecular complexity index is 376. The number of carbonyl (C=O) groups excluding carboxylic acids is 1. The first-order valence-corrected chi connectivity index (χ1v) is 5.44. The summed E-state index contributed by atoms with van der Waals surface area (Å²) in [6, 6.07) is 9.17. The lowest BCUT2D eigenvalue weighted by Crippen LogP contribution is -2.25. The number of ether oxygens (including phenoxy) is 1. The topological polar surface area (TPSA) is 47.6 Å². The zero-order valence-corrected chi connectivity index (χ0v) is 10.1. The molecular formula is C13H17NO3. The molecule has 0 aliphatic rings. The Morgan fingerprint density at radius 3 is 2.59 bits per heavy atom. The zero-order chi connectivity index (χ0) is 12.7. The van der Waals surface area contributed by atoms with Crippen molar-refractivity contribution in [3.63, 3.8) is 0 Å². The molecule has 1 aromatic rings.